The quantitative estimate of drug-likeness (QED) is 0.722. The van der Waals surface area contributed by atoms with Crippen LogP contribution in [0.1, 0.15) is 17.3 Å². The normalized spacial score (nSPS) is 24.3. The molecule has 0 unspecified atom stereocenters. The number of sulfone groups is 1. The lowest BCUT2D eigenvalue weighted by atomic mass is 10.2. The van der Waals surface area contributed by atoms with Gasteiger partial charge in [0.05, 0.1) is 23.3 Å². The molecule has 0 bridgehead atoms. The molecule has 88 valence electrons. The van der Waals surface area contributed by atoms with E-state index in [0.717, 1.165) is 0 Å². The second-order valence-corrected chi connectivity index (χ2v) is 6.20. The molecule has 1 aliphatic rings. The summed E-state index contributed by atoms with van der Waals surface area (Å²) in [5.41, 5.74) is 0.464. The fourth-order valence-corrected chi connectivity index (χ4v) is 3.41. The fraction of sp³-hybridized carbons (Fsp3) is 0.500. The van der Waals surface area contributed by atoms with Crippen molar-refractivity contribution in [1.29, 1.82) is 0 Å². The van der Waals surface area contributed by atoms with E-state index < -0.39 is 9.84 Å². The van der Waals surface area contributed by atoms with Crippen molar-refractivity contribution < 1.29 is 17.6 Å². The maximum atomic E-state index is 12.0. The topological polar surface area (TPSA) is 67.6 Å². The Hall–Kier alpha value is -1.30. The van der Waals surface area contributed by atoms with Gasteiger partial charge in [-0.15, -0.1) is 0 Å². The number of amides is 1. The van der Waals surface area contributed by atoms with Gasteiger partial charge in [-0.25, -0.2) is 8.42 Å². The van der Waals surface area contributed by atoms with Crippen LogP contribution in [-0.4, -0.2) is 43.3 Å². The van der Waals surface area contributed by atoms with Crippen molar-refractivity contribution in [3.63, 3.8) is 0 Å². The van der Waals surface area contributed by atoms with Crippen LogP contribution in [0.2, 0.25) is 0 Å². The Labute approximate surface area is 94.0 Å². The maximum absolute atomic E-state index is 12.0. The molecule has 1 aromatic heterocycles. The summed E-state index contributed by atoms with van der Waals surface area (Å²) in [6, 6.07) is 1.30. The largest absolute Gasteiger partial charge is 0.472 e. The Bertz CT molecular complexity index is 477. The number of rotatable bonds is 1. The molecule has 1 aliphatic heterocycles. The first-order chi connectivity index (χ1) is 7.49. The average molecular weight is 243 g/mol. The minimum Gasteiger partial charge on any atom is -0.472 e. The number of nitrogens with zero attached hydrogens (tertiary/aromatic N) is 1. The van der Waals surface area contributed by atoms with E-state index in [2.05, 4.69) is 0 Å². The summed E-state index contributed by atoms with van der Waals surface area (Å²) in [4.78, 5) is 13.5. The smallest absolute Gasteiger partial charge is 0.257 e. The van der Waals surface area contributed by atoms with Gasteiger partial charge in [0.2, 0.25) is 0 Å². The molecular weight excluding hydrogens is 230 g/mol. The first-order valence-corrected chi connectivity index (χ1v) is 6.85. The molecule has 6 heteroatoms. The number of furan rings is 1. The highest BCUT2D eigenvalue weighted by Gasteiger charge is 2.31. The molecule has 2 heterocycles. The van der Waals surface area contributed by atoms with Gasteiger partial charge in [-0.3, -0.25) is 4.79 Å². The summed E-state index contributed by atoms with van der Waals surface area (Å²) >= 11 is 0. The van der Waals surface area contributed by atoms with E-state index in [0.29, 0.717) is 5.56 Å². The summed E-state index contributed by atoms with van der Waals surface area (Å²) in [6.07, 6.45) is 2.80. The van der Waals surface area contributed by atoms with E-state index >= 15 is 0 Å². The van der Waals surface area contributed by atoms with Crippen molar-refractivity contribution in [2.45, 2.75) is 13.0 Å². The molecule has 0 saturated carbocycles. The van der Waals surface area contributed by atoms with Crippen molar-refractivity contribution in [2.75, 3.05) is 18.1 Å². The minimum atomic E-state index is -2.98. The standard InChI is InChI=1S/C10H13NO4S/c1-8-7-16(13,14)5-3-11(8)10(12)9-2-4-15-6-9/h2,4,6,8H,3,5,7H2,1H3/t8-/m0/s1. The number of hydrogen-bond donors (Lipinski definition) is 0. The lowest BCUT2D eigenvalue weighted by Crippen LogP contribution is -2.49. The van der Waals surface area contributed by atoms with Crippen LogP contribution in [0.15, 0.2) is 23.0 Å². The van der Waals surface area contributed by atoms with Gasteiger partial charge in [0.15, 0.2) is 9.84 Å². The predicted molar refractivity (Wildman–Crippen MR) is 57.9 cm³/mol. The Morgan fingerprint density at radius 2 is 2.31 bits per heavy atom. The van der Waals surface area contributed by atoms with E-state index in [1.165, 1.54) is 12.5 Å². The summed E-state index contributed by atoms with van der Waals surface area (Å²) < 4.78 is 27.6. The highest BCUT2D eigenvalue weighted by Crippen LogP contribution is 2.15. The van der Waals surface area contributed by atoms with Gasteiger partial charge in [-0.1, -0.05) is 0 Å². The van der Waals surface area contributed by atoms with E-state index in [9.17, 15) is 13.2 Å². The van der Waals surface area contributed by atoms with Crippen LogP contribution in [0.5, 0.6) is 0 Å². The van der Waals surface area contributed by atoms with E-state index in [1.807, 2.05) is 0 Å². The molecule has 0 aliphatic carbocycles. The Morgan fingerprint density at radius 1 is 1.56 bits per heavy atom. The molecule has 16 heavy (non-hydrogen) atoms. The number of carbonyl (C=O) groups is 1. The molecule has 1 atom stereocenters. The van der Waals surface area contributed by atoms with Gasteiger partial charge >= 0.3 is 0 Å². The van der Waals surface area contributed by atoms with E-state index in [-0.39, 0.29) is 30.0 Å². The average Bonchev–Trinajstić information content (AvgIpc) is 2.68. The van der Waals surface area contributed by atoms with Crippen LogP contribution in [0.25, 0.3) is 0 Å². The van der Waals surface area contributed by atoms with Gasteiger partial charge in [0.25, 0.3) is 5.91 Å². The first kappa shape index (κ1) is 11.2. The van der Waals surface area contributed by atoms with Crippen LogP contribution in [0, 0.1) is 0 Å². The SMILES string of the molecule is C[C@H]1CS(=O)(=O)CCN1C(=O)c1ccoc1. The predicted octanol–water partition coefficient (Wildman–Crippen LogP) is 0.539. The highest BCUT2D eigenvalue weighted by molar-refractivity contribution is 7.91. The summed E-state index contributed by atoms with van der Waals surface area (Å²) in [5, 5.41) is 0. The minimum absolute atomic E-state index is 0.0383. The van der Waals surface area contributed by atoms with Crippen LogP contribution in [0.3, 0.4) is 0 Å². The van der Waals surface area contributed by atoms with Crippen LogP contribution in [0.4, 0.5) is 0 Å². The zero-order valence-electron chi connectivity index (χ0n) is 8.92. The molecule has 1 saturated heterocycles. The summed E-state index contributed by atoms with van der Waals surface area (Å²) in [5.74, 6) is -0.0894. The lowest BCUT2D eigenvalue weighted by molar-refractivity contribution is 0.0712. The van der Waals surface area contributed by atoms with E-state index in [4.69, 9.17) is 4.42 Å². The van der Waals surface area contributed by atoms with Gasteiger partial charge in [-0.2, -0.15) is 0 Å². The molecule has 0 N–H and O–H groups in total. The number of hydrogen-bond acceptors (Lipinski definition) is 4. The Kier molecular flexibility index (Phi) is 2.75. The van der Waals surface area contributed by atoms with Crippen LogP contribution in [-0.2, 0) is 9.84 Å². The van der Waals surface area contributed by atoms with Crippen molar-refractivity contribution in [1.82, 2.24) is 4.90 Å². The molecule has 5 nitrogen and oxygen atoms in total. The summed E-state index contributed by atoms with van der Waals surface area (Å²) in [7, 11) is -2.98. The maximum Gasteiger partial charge on any atom is 0.257 e. The van der Waals surface area contributed by atoms with Gasteiger partial charge in [0, 0.05) is 12.6 Å². The first-order valence-electron chi connectivity index (χ1n) is 5.03. The Morgan fingerprint density at radius 3 is 2.88 bits per heavy atom. The third-order valence-corrected chi connectivity index (χ3v) is 4.49. The lowest BCUT2D eigenvalue weighted by Gasteiger charge is -2.32. The van der Waals surface area contributed by atoms with Crippen molar-refractivity contribution in [3.05, 3.63) is 24.2 Å². The Balaban J connectivity index is 2.15. The monoisotopic (exact) mass is 243 g/mol. The summed E-state index contributed by atoms with van der Waals surface area (Å²) in [6.45, 7) is 2.00. The van der Waals surface area contributed by atoms with Crippen LogP contribution < -0.4 is 0 Å². The zero-order valence-corrected chi connectivity index (χ0v) is 9.74. The molecule has 0 aromatic carbocycles. The highest BCUT2D eigenvalue weighted by atomic mass is 32.2. The van der Waals surface area contributed by atoms with Crippen molar-refractivity contribution in [3.8, 4) is 0 Å². The van der Waals surface area contributed by atoms with Gasteiger partial charge < -0.3 is 9.32 Å². The molecular formula is C10H13NO4S. The molecule has 2 rings (SSSR count). The van der Waals surface area contributed by atoms with E-state index in [1.54, 1.807) is 17.9 Å². The molecule has 0 radical (unpaired) electrons. The third kappa shape index (κ3) is 2.11. The third-order valence-electron chi connectivity index (χ3n) is 2.70. The van der Waals surface area contributed by atoms with Crippen molar-refractivity contribution >= 4 is 15.7 Å². The van der Waals surface area contributed by atoms with Crippen molar-refractivity contribution in [2.24, 2.45) is 0 Å². The second kappa shape index (κ2) is 3.93. The zero-order chi connectivity index (χ0) is 11.8. The molecule has 1 aromatic rings. The number of carbonyl (C=O) groups excluding carboxylic acids is 1. The second-order valence-electron chi connectivity index (χ2n) is 3.97. The fourth-order valence-electron chi connectivity index (χ4n) is 1.85. The van der Waals surface area contributed by atoms with Gasteiger partial charge in [0.1, 0.15) is 6.26 Å². The molecule has 1 amide bonds. The molecule has 1 fully saturated rings. The van der Waals surface area contributed by atoms with Gasteiger partial charge in [-0.05, 0) is 13.0 Å². The van der Waals surface area contributed by atoms with Crippen LogP contribution >= 0.6 is 0 Å². The molecule has 0 spiro atoms.